The Hall–Kier alpha value is -2.73. The highest BCUT2D eigenvalue weighted by Gasteiger charge is 2.58. The van der Waals surface area contributed by atoms with Crippen LogP contribution >= 0.6 is 0 Å². The van der Waals surface area contributed by atoms with Crippen molar-refractivity contribution in [2.45, 2.75) is 56.5 Å². The largest absolute Gasteiger partial charge is 0.416 e. The summed E-state index contributed by atoms with van der Waals surface area (Å²) in [4.78, 5) is 8.26. The molecule has 2 fully saturated rings. The van der Waals surface area contributed by atoms with Crippen LogP contribution in [-0.2, 0) is 20.4 Å². The Balaban J connectivity index is 1.49. The van der Waals surface area contributed by atoms with Gasteiger partial charge in [-0.3, -0.25) is 0 Å². The fraction of sp³-hybridized carbons (Fsp3) is 0.429. The van der Waals surface area contributed by atoms with E-state index in [1.807, 2.05) is 0 Å². The smallest absolute Gasteiger partial charge is 0.386 e. The number of nitrogens with zero attached hydrogens (tertiary/aromatic N) is 3. The van der Waals surface area contributed by atoms with Crippen molar-refractivity contribution in [3.8, 4) is 0 Å². The van der Waals surface area contributed by atoms with E-state index >= 15 is 0 Å². The van der Waals surface area contributed by atoms with Crippen molar-refractivity contribution >= 4 is 16.9 Å². The van der Waals surface area contributed by atoms with Crippen LogP contribution in [0.4, 0.5) is 19.0 Å². The van der Waals surface area contributed by atoms with E-state index in [0.29, 0.717) is 16.9 Å². The number of hydrogen-bond acceptors (Lipinski definition) is 7. The lowest BCUT2D eigenvalue weighted by molar-refractivity contribution is -0.207. The molecule has 0 radical (unpaired) electrons. The molecule has 2 aliphatic heterocycles. The van der Waals surface area contributed by atoms with Crippen LogP contribution in [0.3, 0.4) is 0 Å². The third kappa shape index (κ3) is 3.41. The van der Waals surface area contributed by atoms with Crippen LogP contribution in [0.15, 0.2) is 42.9 Å². The number of aliphatic hydroxyl groups is 1. The molecule has 4 heterocycles. The molecule has 32 heavy (non-hydrogen) atoms. The minimum atomic E-state index is -4.46. The van der Waals surface area contributed by atoms with E-state index in [0.717, 1.165) is 12.1 Å². The number of hydrogen-bond donors (Lipinski definition) is 2. The molecule has 3 aromatic rings. The van der Waals surface area contributed by atoms with Crippen LogP contribution in [0, 0.1) is 0 Å². The van der Waals surface area contributed by atoms with Crippen LogP contribution in [0.5, 0.6) is 0 Å². The SMILES string of the molecule is CC1(C)O[C@@H]2[C@H](O1)[C@@H](C(O)c1ccc(C(F)(F)F)cc1)O[C@H]2n1ccc2c(N)ncnc21. The molecule has 0 aliphatic carbocycles. The number of aromatic nitrogens is 3. The summed E-state index contributed by atoms with van der Waals surface area (Å²) in [7, 11) is 0. The summed E-state index contributed by atoms with van der Waals surface area (Å²) in [5, 5.41) is 11.6. The minimum absolute atomic E-state index is 0.277. The third-order valence-electron chi connectivity index (χ3n) is 5.77. The molecule has 1 aromatic carbocycles. The maximum Gasteiger partial charge on any atom is 0.416 e. The van der Waals surface area contributed by atoms with Crippen LogP contribution < -0.4 is 5.73 Å². The summed E-state index contributed by atoms with van der Waals surface area (Å²) in [6.07, 6.45) is -5.48. The van der Waals surface area contributed by atoms with Crippen molar-refractivity contribution in [3.05, 3.63) is 54.0 Å². The first-order valence-electron chi connectivity index (χ1n) is 9.98. The molecule has 170 valence electrons. The number of nitrogen functional groups attached to an aromatic ring is 1. The van der Waals surface area contributed by atoms with Crippen molar-refractivity contribution in [2.75, 3.05) is 5.73 Å². The topological polar surface area (TPSA) is 105 Å². The van der Waals surface area contributed by atoms with E-state index in [4.69, 9.17) is 19.9 Å². The van der Waals surface area contributed by atoms with Gasteiger partial charge in [0.25, 0.3) is 0 Å². The molecule has 1 unspecified atom stereocenters. The van der Waals surface area contributed by atoms with Crippen LogP contribution in [0.25, 0.3) is 11.0 Å². The molecular weight excluding hydrogens is 429 g/mol. The van der Waals surface area contributed by atoms with Crippen molar-refractivity contribution in [1.29, 1.82) is 0 Å². The average molecular weight is 450 g/mol. The molecule has 8 nitrogen and oxygen atoms in total. The summed E-state index contributed by atoms with van der Waals surface area (Å²) in [5.41, 5.74) is 5.94. The van der Waals surface area contributed by atoms with Crippen molar-refractivity contribution < 1.29 is 32.5 Å². The zero-order valence-electron chi connectivity index (χ0n) is 17.2. The quantitative estimate of drug-likeness (QED) is 0.632. The summed E-state index contributed by atoms with van der Waals surface area (Å²) >= 11 is 0. The van der Waals surface area contributed by atoms with Crippen molar-refractivity contribution in [2.24, 2.45) is 0 Å². The van der Waals surface area contributed by atoms with E-state index in [-0.39, 0.29) is 5.56 Å². The van der Waals surface area contributed by atoms with E-state index in [9.17, 15) is 18.3 Å². The molecule has 5 rings (SSSR count). The highest BCUT2D eigenvalue weighted by Crippen LogP contribution is 2.47. The number of ether oxygens (including phenoxy) is 3. The Labute approximate surface area is 180 Å². The van der Waals surface area contributed by atoms with Gasteiger partial charge in [-0.2, -0.15) is 13.2 Å². The van der Waals surface area contributed by atoms with Gasteiger partial charge in [0, 0.05) is 6.20 Å². The normalized spacial score (nSPS) is 28.2. The lowest BCUT2D eigenvalue weighted by Crippen LogP contribution is -2.34. The predicted molar refractivity (Wildman–Crippen MR) is 106 cm³/mol. The zero-order valence-corrected chi connectivity index (χ0v) is 17.2. The Morgan fingerprint density at radius 3 is 2.47 bits per heavy atom. The number of halogens is 3. The number of aliphatic hydroxyl groups excluding tert-OH is 1. The summed E-state index contributed by atoms with van der Waals surface area (Å²) in [5.74, 6) is -0.625. The zero-order chi connectivity index (χ0) is 22.8. The second-order valence-electron chi connectivity index (χ2n) is 8.34. The van der Waals surface area contributed by atoms with E-state index in [1.54, 1.807) is 30.7 Å². The maximum atomic E-state index is 12.9. The number of nitrogens with two attached hydrogens (primary N) is 1. The molecule has 5 atom stereocenters. The number of benzene rings is 1. The molecule has 0 saturated carbocycles. The highest BCUT2D eigenvalue weighted by molar-refractivity contribution is 5.86. The standard InChI is InChI=1S/C21H21F3N4O4/c1-20(2)31-15-14(13(29)10-3-5-11(6-4-10)21(22,23)24)30-19(16(15)32-20)28-8-7-12-17(25)26-9-27-18(12)28/h3-9,13-16,19,29H,1-2H3,(H2,25,26,27)/t13?,14-,15-,16-,19-/m1/s1. The van der Waals surface area contributed by atoms with Gasteiger partial charge in [0.15, 0.2) is 12.0 Å². The van der Waals surface area contributed by atoms with Crippen LogP contribution in [0.2, 0.25) is 0 Å². The van der Waals surface area contributed by atoms with Gasteiger partial charge in [-0.05, 0) is 37.6 Å². The fourth-order valence-electron chi connectivity index (χ4n) is 4.34. The highest BCUT2D eigenvalue weighted by atomic mass is 19.4. The number of alkyl halides is 3. The van der Waals surface area contributed by atoms with Gasteiger partial charge in [0.1, 0.15) is 42.2 Å². The lowest BCUT2D eigenvalue weighted by atomic mass is 9.98. The van der Waals surface area contributed by atoms with E-state index in [2.05, 4.69) is 9.97 Å². The lowest BCUT2D eigenvalue weighted by Gasteiger charge is -2.27. The first-order valence-corrected chi connectivity index (χ1v) is 9.98. The summed E-state index contributed by atoms with van der Waals surface area (Å²) in [6, 6.07) is 6.08. The van der Waals surface area contributed by atoms with Gasteiger partial charge in [-0.1, -0.05) is 12.1 Å². The van der Waals surface area contributed by atoms with Crippen LogP contribution in [0.1, 0.15) is 37.3 Å². The Morgan fingerprint density at radius 1 is 1.09 bits per heavy atom. The first kappa shape index (κ1) is 21.1. The van der Waals surface area contributed by atoms with Gasteiger partial charge < -0.3 is 29.6 Å². The number of anilines is 1. The maximum absolute atomic E-state index is 12.9. The number of rotatable bonds is 3. The molecule has 2 aliphatic rings. The van der Waals surface area contributed by atoms with E-state index in [1.165, 1.54) is 18.5 Å². The van der Waals surface area contributed by atoms with Crippen molar-refractivity contribution in [3.63, 3.8) is 0 Å². The second kappa shape index (κ2) is 7.14. The fourth-order valence-corrected chi connectivity index (χ4v) is 4.34. The summed E-state index contributed by atoms with van der Waals surface area (Å²) < 4.78 is 58.7. The molecule has 0 spiro atoms. The minimum Gasteiger partial charge on any atom is -0.386 e. The van der Waals surface area contributed by atoms with Gasteiger partial charge in [0.05, 0.1) is 10.9 Å². The Bertz CT molecular complexity index is 1150. The van der Waals surface area contributed by atoms with Gasteiger partial charge in [-0.25, -0.2) is 9.97 Å². The average Bonchev–Trinajstić information content (AvgIpc) is 3.38. The first-order chi connectivity index (χ1) is 15.0. The van der Waals surface area contributed by atoms with Crippen molar-refractivity contribution in [1.82, 2.24) is 14.5 Å². The molecule has 11 heteroatoms. The monoisotopic (exact) mass is 450 g/mol. The van der Waals surface area contributed by atoms with Gasteiger partial charge in [-0.15, -0.1) is 0 Å². The molecule has 0 amide bonds. The van der Waals surface area contributed by atoms with Crippen LogP contribution in [-0.4, -0.2) is 43.7 Å². The molecule has 2 aromatic heterocycles. The van der Waals surface area contributed by atoms with Gasteiger partial charge in [0.2, 0.25) is 0 Å². The summed E-state index contributed by atoms with van der Waals surface area (Å²) in [6.45, 7) is 3.50. The molecule has 2 saturated heterocycles. The van der Waals surface area contributed by atoms with E-state index < -0.39 is 48.2 Å². The number of fused-ring (bicyclic) bond motifs is 2. The molecule has 3 N–H and O–H groups in total. The van der Waals surface area contributed by atoms with Gasteiger partial charge >= 0.3 is 6.18 Å². The molecule has 0 bridgehead atoms. The molecular formula is C21H21F3N4O4. The Morgan fingerprint density at radius 2 is 1.78 bits per heavy atom. The predicted octanol–water partition coefficient (Wildman–Crippen LogP) is 3.18. The third-order valence-corrected chi connectivity index (χ3v) is 5.77. The Kier molecular flexibility index (Phi) is 4.71. The second-order valence-corrected chi connectivity index (χ2v) is 8.34.